The Kier molecular flexibility index (Phi) is 4.77. The molecule has 20 heavy (non-hydrogen) atoms. The summed E-state index contributed by atoms with van der Waals surface area (Å²) < 4.78 is 0. The summed E-state index contributed by atoms with van der Waals surface area (Å²) in [4.78, 5) is 26.1. The van der Waals surface area contributed by atoms with Gasteiger partial charge in [0.15, 0.2) is 0 Å². The molecule has 1 fully saturated rings. The van der Waals surface area contributed by atoms with Gasteiger partial charge in [-0.05, 0) is 30.5 Å². The van der Waals surface area contributed by atoms with Crippen LogP contribution in [0, 0.1) is 0 Å². The third-order valence-electron chi connectivity index (χ3n) is 3.67. The van der Waals surface area contributed by atoms with Crippen LogP contribution < -0.4 is 10.2 Å². The van der Waals surface area contributed by atoms with Gasteiger partial charge in [-0.25, -0.2) is 0 Å². The molecule has 0 aliphatic carbocycles. The van der Waals surface area contributed by atoms with Crippen LogP contribution in [-0.4, -0.2) is 24.4 Å². The summed E-state index contributed by atoms with van der Waals surface area (Å²) >= 11 is 0. The Balaban J connectivity index is 2.28. The molecule has 1 aromatic rings. The molecule has 0 spiro atoms. The standard InChI is InChI=1S/C16H22N2O2/c1-3-6-14-16(20)18(10-9-15(19)17-14)13-8-5-7-12(4-2)11-13/h5,7-8,11,14H,3-4,6,9-10H2,1-2H3,(H,17,19). The first-order chi connectivity index (χ1) is 9.65. The van der Waals surface area contributed by atoms with Crippen molar-refractivity contribution in [2.24, 2.45) is 0 Å². The molecular formula is C16H22N2O2. The highest BCUT2D eigenvalue weighted by Crippen LogP contribution is 2.20. The molecular weight excluding hydrogens is 252 g/mol. The van der Waals surface area contributed by atoms with Gasteiger partial charge in [0.05, 0.1) is 0 Å². The fraction of sp³-hybridized carbons (Fsp3) is 0.500. The lowest BCUT2D eigenvalue weighted by Crippen LogP contribution is -2.44. The number of rotatable bonds is 4. The van der Waals surface area contributed by atoms with Crippen molar-refractivity contribution in [2.75, 3.05) is 11.4 Å². The summed E-state index contributed by atoms with van der Waals surface area (Å²) in [7, 11) is 0. The van der Waals surface area contributed by atoms with Gasteiger partial charge >= 0.3 is 0 Å². The molecule has 0 bridgehead atoms. The fourth-order valence-corrected chi connectivity index (χ4v) is 2.52. The number of nitrogens with zero attached hydrogens (tertiary/aromatic N) is 1. The van der Waals surface area contributed by atoms with E-state index in [2.05, 4.69) is 18.3 Å². The van der Waals surface area contributed by atoms with Crippen molar-refractivity contribution in [1.29, 1.82) is 0 Å². The monoisotopic (exact) mass is 274 g/mol. The molecule has 2 amide bonds. The van der Waals surface area contributed by atoms with Gasteiger partial charge in [-0.1, -0.05) is 32.4 Å². The number of carbonyl (C=O) groups is 2. The Labute approximate surface area is 120 Å². The van der Waals surface area contributed by atoms with Crippen LogP contribution in [-0.2, 0) is 16.0 Å². The molecule has 0 saturated carbocycles. The predicted octanol–water partition coefficient (Wildman–Crippen LogP) is 2.27. The second-order valence-corrected chi connectivity index (χ2v) is 5.17. The first-order valence-electron chi connectivity index (χ1n) is 7.35. The van der Waals surface area contributed by atoms with Gasteiger partial charge in [-0.15, -0.1) is 0 Å². The van der Waals surface area contributed by atoms with Gasteiger partial charge in [-0.2, -0.15) is 0 Å². The normalized spacial score (nSPS) is 19.7. The number of amides is 2. The Morgan fingerprint density at radius 2 is 2.10 bits per heavy atom. The molecule has 1 aliphatic rings. The van der Waals surface area contributed by atoms with Gasteiger partial charge in [0.2, 0.25) is 11.8 Å². The molecule has 108 valence electrons. The van der Waals surface area contributed by atoms with Gasteiger partial charge in [0.25, 0.3) is 0 Å². The quantitative estimate of drug-likeness (QED) is 0.915. The minimum Gasteiger partial charge on any atom is -0.344 e. The largest absolute Gasteiger partial charge is 0.344 e. The molecule has 4 nitrogen and oxygen atoms in total. The van der Waals surface area contributed by atoms with Crippen LogP contribution in [0.5, 0.6) is 0 Å². The number of benzene rings is 1. The lowest BCUT2D eigenvalue weighted by Gasteiger charge is -2.24. The first kappa shape index (κ1) is 14.6. The highest BCUT2D eigenvalue weighted by atomic mass is 16.2. The van der Waals surface area contributed by atoms with E-state index in [1.54, 1.807) is 4.90 Å². The van der Waals surface area contributed by atoms with Crippen LogP contribution in [0.15, 0.2) is 24.3 Å². The average Bonchev–Trinajstić information content (AvgIpc) is 2.59. The van der Waals surface area contributed by atoms with Gasteiger partial charge in [-0.3, -0.25) is 9.59 Å². The number of hydrogen-bond acceptors (Lipinski definition) is 2. The Morgan fingerprint density at radius 3 is 2.80 bits per heavy atom. The second-order valence-electron chi connectivity index (χ2n) is 5.17. The zero-order valence-corrected chi connectivity index (χ0v) is 12.2. The zero-order chi connectivity index (χ0) is 14.5. The number of nitrogens with one attached hydrogen (secondary N) is 1. The van der Waals surface area contributed by atoms with E-state index in [0.29, 0.717) is 19.4 Å². The van der Waals surface area contributed by atoms with E-state index in [1.165, 1.54) is 5.56 Å². The van der Waals surface area contributed by atoms with E-state index >= 15 is 0 Å². The molecule has 1 aliphatic heterocycles. The van der Waals surface area contributed by atoms with Crippen molar-refractivity contribution in [1.82, 2.24) is 5.32 Å². The smallest absolute Gasteiger partial charge is 0.249 e. The van der Waals surface area contributed by atoms with E-state index < -0.39 is 0 Å². The van der Waals surface area contributed by atoms with Gasteiger partial charge < -0.3 is 10.2 Å². The molecule has 1 aromatic carbocycles. The Hall–Kier alpha value is -1.84. The SMILES string of the molecule is CCCC1NC(=O)CCN(c2cccc(CC)c2)C1=O. The first-order valence-corrected chi connectivity index (χ1v) is 7.35. The molecule has 1 heterocycles. The van der Waals surface area contributed by atoms with Crippen molar-refractivity contribution in [3.63, 3.8) is 0 Å². The van der Waals surface area contributed by atoms with Crippen LogP contribution in [0.2, 0.25) is 0 Å². The maximum Gasteiger partial charge on any atom is 0.249 e. The van der Waals surface area contributed by atoms with Crippen molar-refractivity contribution in [2.45, 2.75) is 45.6 Å². The van der Waals surface area contributed by atoms with Crippen molar-refractivity contribution in [3.05, 3.63) is 29.8 Å². The van der Waals surface area contributed by atoms with Crippen LogP contribution in [0.3, 0.4) is 0 Å². The van der Waals surface area contributed by atoms with Crippen molar-refractivity contribution < 1.29 is 9.59 Å². The summed E-state index contributed by atoms with van der Waals surface area (Å²) in [6.07, 6.45) is 2.86. The van der Waals surface area contributed by atoms with Crippen molar-refractivity contribution in [3.8, 4) is 0 Å². The van der Waals surface area contributed by atoms with E-state index in [9.17, 15) is 9.59 Å². The van der Waals surface area contributed by atoms with Gasteiger partial charge in [0, 0.05) is 18.7 Å². The minimum atomic E-state index is -0.389. The molecule has 0 radical (unpaired) electrons. The molecule has 0 aromatic heterocycles. The van der Waals surface area contributed by atoms with E-state index in [-0.39, 0.29) is 17.9 Å². The predicted molar refractivity (Wildman–Crippen MR) is 79.6 cm³/mol. The summed E-state index contributed by atoms with van der Waals surface area (Å²) in [6, 6.07) is 7.61. The maximum absolute atomic E-state index is 12.6. The lowest BCUT2D eigenvalue weighted by molar-refractivity contribution is -0.125. The summed E-state index contributed by atoms with van der Waals surface area (Å²) in [5.74, 6) is -0.0306. The fourth-order valence-electron chi connectivity index (χ4n) is 2.52. The zero-order valence-electron chi connectivity index (χ0n) is 12.2. The molecule has 1 saturated heterocycles. The van der Waals surface area contributed by atoms with Crippen LogP contribution in [0.4, 0.5) is 5.69 Å². The van der Waals surface area contributed by atoms with E-state index in [0.717, 1.165) is 18.5 Å². The van der Waals surface area contributed by atoms with Gasteiger partial charge in [0.1, 0.15) is 6.04 Å². The highest BCUT2D eigenvalue weighted by Gasteiger charge is 2.29. The molecule has 2 rings (SSSR count). The highest BCUT2D eigenvalue weighted by molar-refractivity contribution is 6.01. The Bertz CT molecular complexity index is 499. The third-order valence-corrected chi connectivity index (χ3v) is 3.67. The average molecular weight is 274 g/mol. The minimum absolute atomic E-state index is 0.00551. The van der Waals surface area contributed by atoms with E-state index in [4.69, 9.17) is 0 Å². The lowest BCUT2D eigenvalue weighted by atomic mass is 10.1. The second kappa shape index (κ2) is 6.55. The number of hydrogen-bond donors (Lipinski definition) is 1. The third kappa shape index (κ3) is 3.18. The Morgan fingerprint density at radius 1 is 1.30 bits per heavy atom. The van der Waals surface area contributed by atoms with Crippen LogP contribution in [0.1, 0.15) is 38.7 Å². The number of anilines is 1. The topological polar surface area (TPSA) is 49.4 Å². The maximum atomic E-state index is 12.6. The van der Waals surface area contributed by atoms with Crippen molar-refractivity contribution >= 4 is 17.5 Å². The van der Waals surface area contributed by atoms with Crippen LogP contribution >= 0.6 is 0 Å². The molecule has 1 atom stereocenters. The number of carbonyl (C=O) groups excluding carboxylic acids is 2. The van der Waals surface area contributed by atoms with Crippen LogP contribution in [0.25, 0.3) is 0 Å². The molecule has 4 heteroatoms. The summed E-state index contributed by atoms with van der Waals surface area (Å²) in [5.41, 5.74) is 2.10. The van der Waals surface area contributed by atoms with E-state index in [1.807, 2.05) is 25.1 Å². The molecule has 1 unspecified atom stereocenters. The summed E-state index contributed by atoms with van der Waals surface area (Å²) in [5, 5.41) is 2.83. The molecule has 1 N–H and O–H groups in total. The summed E-state index contributed by atoms with van der Waals surface area (Å²) in [6.45, 7) is 4.57. The number of aryl methyl sites for hydroxylation is 1.